The van der Waals surface area contributed by atoms with E-state index >= 15 is 0 Å². The van der Waals surface area contributed by atoms with Crippen LogP contribution in [0.5, 0.6) is 0 Å². The van der Waals surface area contributed by atoms with Crippen LogP contribution in [0.1, 0.15) is 17.7 Å². The molecule has 1 amide bonds. The van der Waals surface area contributed by atoms with Crippen LogP contribution in [0.4, 0.5) is 0 Å². The third kappa shape index (κ3) is 2.69. The molecule has 17 heavy (non-hydrogen) atoms. The molecule has 0 bridgehead atoms. The molecule has 2 rings (SSSR count). The number of nitrogens with one attached hydrogen (secondary N) is 1. The number of carboxylic acids is 1. The molecule has 0 spiro atoms. The zero-order valence-corrected chi connectivity index (χ0v) is 11.4. The summed E-state index contributed by atoms with van der Waals surface area (Å²) in [4.78, 5) is 23.6. The summed E-state index contributed by atoms with van der Waals surface area (Å²) in [7, 11) is 0. The maximum atomic E-state index is 11.8. The lowest BCUT2D eigenvalue weighted by Gasteiger charge is -2.31. The average Bonchev–Trinajstić information content (AvgIpc) is 2.58. The Kier molecular flexibility index (Phi) is 3.83. The lowest BCUT2D eigenvalue weighted by molar-refractivity contribution is -0.152. The summed E-state index contributed by atoms with van der Waals surface area (Å²) in [6.07, 6.45) is 1.28. The monoisotopic (exact) mass is 317 g/mol. The van der Waals surface area contributed by atoms with Crippen molar-refractivity contribution in [3.63, 3.8) is 0 Å². The fourth-order valence-electron chi connectivity index (χ4n) is 1.86. The van der Waals surface area contributed by atoms with Gasteiger partial charge in [-0.2, -0.15) is 0 Å². The van der Waals surface area contributed by atoms with Crippen molar-refractivity contribution >= 4 is 39.1 Å². The SMILES string of the molecule is O=C(O)C1CCC1C(=O)NCc1sccc1Br. The molecule has 6 heteroatoms. The van der Waals surface area contributed by atoms with Gasteiger partial charge in [-0.3, -0.25) is 9.59 Å². The van der Waals surface area contributed by atoms with Crippen molar-refractivity contribution in [2.24, 2.45) is 11.8 Å². The number of hydrogen-bond donors (Lipinski definition) is 2. The van der Waals surface area contributed by atoms with Gasteiger partial charge < -0.3 is 10.4 Å². The van der Waals surface area contributed by atoms with Crippen LogP contribution < -0.4 is 5.32 Å². The van der Waals surface area contributed by atoms with Gasteiger partial charge in [-0.1, -0.05) is 0 Å². The summed E-state index contributed by atoms with van der Waals surface area (Å²) in [6, 6.07) is 1.93. The van der Waals surface area contributed by atoms with Gasteiger partial charge in [-0.05, 0) is 40.2 Å². The summed E-state index contributed by atoms with van der Waals surface area (Å²) in [5, 5.41) is 13.6. The summed E-state index contributed by atoms with van der Waals surface area (Å²) < 4.78 is 0.978. The van der Waals surface area contributed by atoms with Gasteiger partial charge in [-0.15, -0.1) is 11.3 Å². The molecule has 92 valence electrons. The third-order valence-electron chi connectivity index (χ3n) is 3.04. The summed E-state index contributed by atoms with van der Waals surface area (Å²) >= 11 is 4.94. The number of hydrogen-bond acceptors (Lipinski definition) is 3. The van der Waals surface area contributed by atoms with Gasteiger partial charge in [0.05, 0.1) is 18.4 Å². The second-order valence-electron chi connectivity index (χ2n) is 4.04. The first-order valence-corrected chi connectivity index (χ1v) is 6.99. The van der Waals surface area contributed by atoms with E-state index in [1.54, 1.807) is 11.3 Å². The van der Waals surface area contributed by atoms with Crippen molar-refractivity contribution in [2.75, 3.05) is 0 Å². The number of carbonyl (C=O) groups is 2. The first-order valence-electron chi connectivity index (χ1n) is 5.32. The quantitative estimate of drug-likeness (QED) is 0.895. The van der Waals surface area contributed by atoms with Gasteiger partial charge in [-0.25, -0.2) is 0 Å². The standard InChI is InChI=1S/C11H12BrNO3S/c12-8-3-4-17-9(8)5-13-10(14)6-1-2-7(6)11(15)16/h3-4,6-7H,1-2,5H2,(H,13,14)(H,15,16). The van der Waals surface area contributed by atoms with Gasteiger partial charge in [0.1, 0.15) is 0 Å². The highest BCUT2D eigenvalue weighted by atomic mass is 79.9. The molecule has 1 aromatic heterocycles. The minimum absolute atomic E-state index is 0.149. The molecule has 2 N–H and O–H groups in total. The van der Waals surface area contributed by atoms with E-state index in [2.05, 4.69) is 21.2 Å². The fraction of sp³-hybridized carbons (Fsp3) is 0.455. The highest BCUT2D eigenvalue weighted by Gasteiger charge is 2.41. The molecule has 0 aliphatic heterocycles. The molecule has 1 aromatic rings. The molecule has 1 saturated carbocycles. The second kappa shape index (κ2) is 5.18. The van der Waals surface area contributed by atoms with Crippen molar-refractivity contribution in [1.29, 1.82) is 0 Å². The first-order chi connectivity index (χ1) is 8.09. The third-order valence-corrected chi connectivity index (χ3v) is 4.97. The number of thiophene rings is 1. The maximum Gasteiger partial charge on any atom is 0.307 e. The topological polar surface area (TPSA) is 66.4 Å². The Labute approximate surface area is 111 Å². The lowest BCUT2D eigenvalue weighted by atomic mass is 9.73. The first kappa shape index (κ1) is 12.6. The van der Waals surface area contributed by atoms with Crippen molar-refractivity contribution in [1.82, 2.24) is 5.32 Å². The number of amides is 1. The number of aliphatic carboxylic acids is 1. The zero-order valence-electron chi connectivity index (χ0n) is 8.98. The Balaban J connectivity index is 1.86. The van der Waals surface area contributed by atoms with Crippen molar-refractivity contribution in [3.05, 3.63) is 20.8 Å². The molecule has 0 radical (unpaired) electrons. The molecule has 2 atom stereocenters. The molecule has 2 unspecified atom stereocenters. The molecular formula is C11H12BrNO3S. The van der Waals surface area contributed by atoms with Crippen LogP contribution in [0.15, 0.2) is 15.9 Å². The van der Waals surface area contributed by atoms with Crippen molar-refractivity contribution in [3.8, 4) is 0 Å². The molecule has 1 aliphatic rings. The molecule has 0 aromatic carbocycles. The second-order valence-corrected chi connectivity index (χ2v) is 5.89. The molecule has 4 nitrogen and oxygen atoms in total. The Morgan fingerprint density at radius 3 is 2.65 bits per heavy atom. The largest absolute Gasteiger partial charge is 0.481 e. The Hall–Kier alpha value is -0.880. The minimum atomic E-state index is -0.867. The summed E-state index contributed by atoms with van der Waals surface area (Å²) in [6.45, 7) is 0.458. The maximum absolute atomic E-state index is 11.8. The van der Waals surface area contributed by atoms with Crippen LogP contribution in [-0.4, -0.2) is 17.0 Å². The predicted octanol–water partition coefficient (Wildman–Crippen LogP) is 2.24. The number of carbonyl (C=O) groups excluding carboxylic acids is 1. The van der Waals surface area contributed by atoms with Gasteiger partial charge in [0.2, 0.25) is 5.91 Å². The zero-order chi connectivity index (χ0) is 12.4. The van der Waals surface area contributed by atoms with E-state index in [0.29, 0.717) is 19.4 Å². The van der Waals surface area contributed by atoms with E-state index in [4.69, 9.17) is 5.11 Å². The molecule has 0 saturated heterocycles. The van der Waals surface area contributed by atoms with Crippen LogP contribution in [-0.2, 0) is 16.1 Å². The Morgan fingerprint density at radius 2 is 2.18 bits per heavy atom. The Morgan fingerprint density at radius 1 is 1.47 bits per heavy atom. The highest BCUT2D eigenvalue weighted by Crippen LogP contribution is 2.34. The van der Waals surface area contributed by atoms with Crippen molar-refractivity contribution in [2.45, 2.75) is 19.4 Å². The van der Waals surface area contributed by atoms with E-state index in [-0.39, 0.29) is 11.8 Å². The van der Waals surface area contributed by atoms with Crippen LogP contribution in [0.2, 0.25) is 0 Å². The number of carboxylic acid groups (broad SMARTS) is 1. The summed E-state index contributed by atoms with van der Waals surface area (Å²) in [5.41, 5.74) is 0. The molecule has 1 heterocycles. The normalized spacial score (nSPS) is 22.9. The number of halogens is 1. The van der Waals surface area contributed by atoms with E-state index in [9.17, 15) is 9.59 Å². The van der Waals surface area contributed by atoms with Crippen molar-refractivity contribution < 1.29 is 14.7 Å². The number of rotatable bonds is 4. The van der Waals surface area contributed by atoms with Crippen LogP contribution in [0, 0.1) is 11.8 Å². The molecule has 1 fully saturated rings. The average molecular weight is 318 g/mol. The molecule has 1 aliphatic carbocycles. The molecular weight excluding hydrogens is 306 g/mol. The minimum Gasteiger partial charge on any atom is -0.481 e. The van der Waals surface area contributed by atoms with Crippen LogP contribution in [0.3, 0.4) is 0 Å². The van der Waals surface area contributed by atoms with Gasteiger partial charge in [0.15, 0.2) is 0 Å². The highest BCUT2D eigenvalue weighted by molar-refractivity contribution is 9.10. The Bertz CT molecular complexity index is 446. The van der Waals surface area contributed by atoms with E-state index < -0.39 is 11.9 Å². The lowest BCUT2D eigenvalue weighted by Crippen LogP contribution is -2.43. The van der Waals surface area contributed by atoms with Gasteiger partial charge in [0.25, 0.3) is 0 Å². The van der Waals surface area contributed by atoms with Crippen LogP contribution >= 0.6 is 27.3 Å². The van der Waals surface area contributed by atoms with E-state index in [0.717, 1.165) is 9.35 Å². The summed E-state index contributed by atoms with van der Waals surface area (Å²) in [5.74, 6) is -1.87. The van der Waals surface area contributed by atoms with E-state index in [1.165, 1.54) is 0 Å². The smallest absolute Gasteiger partial charge is 0.307 e. The van der Waals surface area contributed by atoms with Crippen LogP contribution in [0.25, 0.3) is 0 Å². The van der Waals surface area contributed by atoms with Gasteiger partial charge >= 0.3 is 5.97 Å². The van der Waals surface area contributed by atoms with E-state index in [1.807, 2.05) is 11.4 Å². The fourth-order valence-corrected chi connectivity index (χ4v) is 3.29. The predicted molar refractivity (Wildman–Crippen MR) is 67.7 cm³/mol. The van der Waals surface area contributed by atoms with Gasteiger partial charge in [0, 0.05) is 9.35 Å².